The van der Waals surface area contributed by atoms with E-state index in [1.807, 2.05) is 24.4 Å². The fourth-order valence-corrected chi connectivity index (χ4v) is 4.10. The number of amides is 1. The van der Waals surface area contributed by atoms with Crippen LogP contribution in [0.4, 0.5) is 0 Å². The zero-order valence-corrected chi connectivity index (χ0v) is 13.5. The van der Waals surface area contributed by atoms with Crippen LogP contribution >= 0.6 is 11.3 Å². The van der Waals surface area contributed by atoms with Gasteiger partial charge in [-0.05, 0) is 36.1 Å². The Bertz CT molecular complexity index is 498. The number of carbonyl (C=O) groups excluding carboxylic acids is 1. The van der Waals surface area contributed by atoms with Crippen LogP contribution in [-0.2, 0) is 9.59 Å². The van der Waals surface area contributed by atoms with E-state index in [1.165, 1.54) is 0 Å². The third-order valence-electron chi connectivity index (χ3n) is 4.27. The molecule has 1 saturated carbocycles. The van der Waals surface area contributed by atoms with Gasteiger partial charge in [0.1, 0.15) is 0 Å². The molecule has 4 atom stereocenters. The third kappa shape index (κ3) is 3.64. The van der Waals surface area contributed by atoms with Gasteiger partial charge in [-0.25, -0.2) is 0 Å². The number of thiophene rings is 1. The Kier molecular flexibility index (Phi) is 5.04. The molecule has 2 rings (SSSR count). The van der Waals surface area contributed by atoms with Crippen molar-refractivity contribution in [1.29, 1.82) is 0 Å². The highest BCUT2D eigenvalue weighted by atomic mass is 32.1. The topological polar surface area (TPSA) is 66.4 Å². The number of hydrogen-bond donors (Lipinski definition) is 2. The van der Waals surface area contributed by atoms with E-state index in [0.717, 1.165) is 4.88 Å². The van der Waals surface area contributed by atoms with Crippen LogP contribution in [0.1, 0.15) is 44.5 Å². The van der Waals surface area contributed by atoms with Gasteiger partial charge in [0, 0.05) is 4.88 Å². The minimum atomic E-state index is -0.850. The van der Waals surface area contributed by atoms with E-state index in [0.29, 0.717) is 18.8 Å². The average Bonchev–Trinajstić information content (AvgIpc) is 3.04. The highest BCUT2D eigenvalue weighted by Gasteiger charge is 2.41. The van der Waals surface area contributed by atoms with Crippen molar-refractivity contribution >= 4 is 23.2 Å². The van der Waals surface area contributed by atoms with Crippen LogP contribution in [0.2, 0.25) is 0 Å². The number of nitrogens with one attached hydrogen (secondary N) is 1. The highest BCUT2D eigenvalue weighted by molar-refractivity contribution is 7.10. The Labute approximate surface area is 129 Å². The summed E-state index contributed by atoms with van der Waals surface area (Å²) in [5.41, 5.74) is 0. The summed E-state index contributed by atoms with van der Waals surface area (Å²) in [6.45, 7) is 6.15. The second kappa shape index (κ2) is 6.60. The summed E-state index contributed by atoms with van der Waals surface area (Å²) in [4.78, 5) is 25.0. The van der Waals surface area contributed by atoms with Crippen LogP contribution in [0.5, 0.6) is 0 Å². The molecule has 0 saturated heterocycles. The van der Waals surface area contributed by atoms with Gasteiger partial charge in [-0.2, -0.15) is 0 Å². The third-order valence-corrected chi connectivity index (χ3v) is 5.22. The van der Waals surface area contributed by atoms with Crippen molar-refractivity contribution in [3.63, 3.8) is 0 Å². The zero-order chi connectivity index (χ0) is 15.6. The Morgan fingerprint density at radius 3 is 2.52 bits per heavy atom. The largest absolute Gasteiger partial charge is 0.481 e. The smallest absolute Gasteiger partial charge is 0.307 e. The number of carbonyl (C=O) groups is 2. The van der Waals surface area contributed by atoms with Crippen LogP contribution < -0.4 is 5.32 Å². The van der Waals surface area contributed by atoms with Crippen molar-refractivity contribution in [3.05, 3.63) is 22.4 Å². The van der Waals surface area contributed by atoms with Gasteiger partial charge in [0.05, 0.1) is 17.9 Å². The average molecular weight is 309 g/mol. The molecule has 2 unspecified atom stereocenters. The molecule has 21 heavy (non-hydrogen) atoms. The van der Waals surface area contributed by atoms with Gasteiger partial charge in [0.25, 0.3) is 0 Å². The van der Waals surface area contributed by atoms with E-state index in [1.54, 1.807) is 11.3 Å². The lowest BCUT2D eigenvalue weighted by Gasteiger charge is -2.24. The molecule has 5 heteroatoms. The summed E-state index contributed by atoms with van der Waals surface area (Å²) in [6.07, 6.45) is 1.26. The Morgan fingerprint density at radius 1 is 1.33 bits per heavy atom. The zero-order valence-electron chi connectivity index (χ0n) is 12.7. The van der Waals surface area contributed by atoms with E-state index in [2.05, 4.69) is 19.2 Å². The van der Waals surface area contributed by atoms with Gasteiger partial charge in [-0.15, -0.1) is 11.3 Å². The molecule has 1 aliphatic carbocycles. The summed E-state index contributed by atoms with van der Waals surface area (Å²) < 4.78 is 0. The second-order valence-electron chi connectivity index (χ2n) is 6.37. The lowest BCUT2D eigenvalue weighted by atomic mass is 9.94. The maximum Gasteiger partial charge on any atom is 0.307 e. The van der Waals surface area contributed by atoms with Gasteiger partial charge in [-0.1, -0.05) is 26.8 Å². The first-order valence-electron chi connectivity index (χ1n) is 7.46. The summed E-state index contributed by atoms with van der Waals surface area (Å²) in [6, 6.07) is 3.95. The summed E-state index contributed by atoms with van der Waals surface area (Å²) >= 11 is 1.62. The molecule has 0 bridgehead atoms. The van der Waals surface area contributed by atoms with Gasteiger partial charge in [0.2, 0.25) is 5.91 Å². The minimum absolute atomic E-state index is 0.0390. The Morgan fingerprint density at radius 2 is 2.00 bits per heavy atom. The standard InChI is InChI=1S/C16H23NO3S/c1-9(2)14(13-5-4-6-21-13)17-15(18)11-7-10(3)8-12(11)16(19)20/h4-6,9-12,14H,7-8H2,1-3H3,(H,17,18)(H,19,20)/t10?,11-,12+,14?/m0/s1. The molecule has 1 fully saturated rings. The molecule has 2 N–H and O–H groups in total. The molecule has 1 aromatic heterocycles. The van der Waals surface area contributed by atoms with Gasteiger partial charge >= 0.3 is 5.97 Å². The van der Waals surface area contributed by atoms with Gasteiger partial charge < -0.3 is 10.4 Å². The quantitative estimate of drug-likeness (QED) is 0.877. The number of aliphatic carboxylic acids is 1. The van der Waals surface area contributed by atoms with Crippen molar-refractivity contribution in [2.75, 3.05) is 0 Å². The van der Waals surface area contributed by atoms with Crippen molar-refractivity contribution in [3.8, 4) is 0 Å². The first-order chi connectivity index (χ1) is 9.90. The first-order valence-corrected chi connectivity index (χ1v) is 8.34. The molecule has 0 aliphatic heterocycles. The normalized spacial score (nSPS) is 26.8. The number of carboxylic acid groups (broad SMARTS) is 1. The monoisotopic (exact) mass is 309 g/mol. The van der Waals surface area contributed by atoms with Crippen molar-refractivity contribution < 1.29 is 14.7 Å². The van der Waals surface area contributed by atoms with Crippen LogP contribution in [-0.4, -0.2) is 17.0 Å². The fourth-order valence-electron chi connectivity index (χ4n) is 3.15. The molecule has 0 aromatic carbocycles. The molecule has 1 amide bonds. The number of hydrogen-bond acceptors (Lipinski definition) is 3. The Hall–Kier alpha value is -1.36. The lowest BCUT2D eigenvalue weighted by Crippen LogP contribution is -2.38. The molecule has 1 aromatic rings. The molecule has 4 nitrogen and oxygen atoms in total. The lowest BCUT2D eigenvalue weighted by molar-refractivity contribution is -0.146. The first kappa shape index (κ1) is 16.0. The molecular weight excluding hydrogens is 286 g/mol. The summed E-state index contributed by atoms with van der Waals surface area (Å²) in [5, 5.41) is 14.4. The fraction of sp³-hybridized carbons (Fsp3) is 0.625. The molecule has 116 valence electrons. The van der Waals surface area contributed by atoms with E-state index >= 15 is 0 Å². The molecule has 1 aliphatic rings. The maximum atomic E-state index is 12.5. The van der Waals surface area contributed by atoms with Crippen molar-refractivity contribution in [2.24, 2.45) is 23.7 Å². The van der Waals surface area contributed by atoms with Crippen LogP contribution in [0, 0.1) is 23.7 Å². The molecule has 0 radical (unpaired) electrons. The maximum absolute atomic E-state index is 12.5. The highest BCUT2D eigenvalue weighted by Crippen LogP contribution is 2.37. The second-order valence-corrected chi connectivity index (χ2v) is 7.35. The van der Waals surface area contributed by atoms with E-state index in [-0.39, 0.29) is 17.9 Å². The SMILES string of the molecule is CC1C[C@H](C(=O)NC(c2cccs2)C(C)C)[C@H](C(=O)O)C1. The number of carboxylic acids is 1. The predicted molar refractivity (Wildman–Crippen MR) is 83.1 cm³/mol. The summed E-state index contributed by atoms with van der Waals surface area (Å²) in [7, 11) is 0. The van der Waals surface area contributed by atoms with Crippen LogP contribution in [0.25, 0.3) is 0 Å². The van der Waals surface area contributed by atoms with E-state index < -0.39 is 17.8 Å². The Balaban J connectivity index is 2.10. The van der Waals surface area contributed by atoms with E-state index in [4.69, 9.17) is 0 Å². The molecule has 1 heterocycles. The van der Waals surface area contributed by atoms with Gasteiger partial charge in [-0.3, -0.25) is 9.59 Å². The molecule has 0 spiro atoms. The van der Waals surface area contributed by atoms with Gasteiger partial charge in [0.15, 0.2) is 0 Å². The van der Waals surface area contributed by atoms with Crippen molar-refractivity contribution in [1.82, 2.24) is 5.32 Å². The van der Waals surface area contributed by atoms with Crippen molar-refractivity contribution in [2.45, 2.75) is 39.7 Å². The van der Waals surface area contributed by atoms with E-state index in [9.17, 15) is 14.7 Å². The van der Waals surface area contributed by atoms with Crippen LogP contribution in [0.3, 0.4) is 0 Å². The van der Waals surface area contributed by atoms with Crippen LogP contribution in [0.15, 0.2) is 17.5 Å². The minimum Gasteiger partial charge on any atom is -0.481 e. The number of rotatable bonds is 5. The predicted octanol–water partition coefficient (Wildman–Crippen LogP) is 3.31. The summed E-state index contributed by atoms with van der Waals surface area (Å²) in [5.74, 6) is -1.35. The molecular formula is C16H23NO3S.